The molecule has 0 saturated carbocycles. The Labute approximate surface area is 126 Å². The lowest BCUT2D eigenvalue weighted by molar-refractivity contribution is 0.249. The highest BCUT2D eigenvalue weighted by Gasteiger charge is 2.17. The molecule has 0 aliphatic rings. The van der Waals surface area contributed by atoms with E-state index in [0.29, 0.717) is 4.73 Å². The first-order valence-electron chi connectivity index (χ1n) is 5.73. The van der Waals surface area contributed by atoms with Gasteiger partial charge in [-0.25, -0.2) is 20.0 Å². The van der Waals surface area contributed by atoms with E-state index >= 15 is 0 Å². The number of hydrazone groups is 1. The average molecular weight is 358 g/mol. The number of aromatic nitrogens is 4. The molecule has 112 valence electrons. The van der Waals surface area contributed by atoms with Crippen molar-refractivity contribution in [2.75, 3.05) is 0 Å². The number of primary amides is 1. The molecular formula is C10H12BrN7O3. The van der Waals surface area contributed by atoms with E-state index in [0.717, 1.165) is 4.57 Å². The average Bonchev–Trinajstić information content (AvgIpc) is 2.76. The zero-order valence-corrected chi connectivity index (χ0v) is 12.8. The minimum absolute atomic E-state index is 0.158. The van der Waals surface area contributed by atoms with E-state index in [4.69, 9.17) is 5.73 Å². The Balaban J connectivity index is 2.58. The molecule has 3 N–H and O–H groups in total. The van der Waals surface area contributed by atoms with Gasteiger partial charge in [0.2, 0.25) is 0 Å². The van der Waals surface area contributed by atoms with Crippen LogP contribution < -0.4 is 22.4 Å². The molecule has 0 fully saturated rings. The molecule has 0 saturated heterocycles. The lowest BCUT2D eigenvalue weighted by Crippen LogP contribution is -2.37. The summed E-state index contributed by atoms with van der Waals surface area (Å²) in [6.07, 6.45) is 1.35. The Morgan fingerprint density at radius 1 is 1.43 bits per heavy atom. The highest BCUT2D eigenvalue weighted by molar-refractivity contribution is 9.10. The first kappa shape index (κ1) is 15.0. The number of fused-ring (bicyclic) bond motifs is 1. The van der Waals surface area contributed by atoms with E-state index < -0.39 is 17.3 Å². The lowest BCUT2D eigenvalue weighted by Gasteiger charge is -2.04. The highest BCUT2D eigenvalue weighted by atomic mass is 79.9. The summed E-state index contributed by atoms with van der Waals surface area (Å²) in [5.74, 6) is 0. The van der Waals surface area contributed by atoms with Gasteiger partial charge in [0, 0.05) is 20.3 Å². The number of urea groups is 1. The fourth-order valence-electron chi connectivity index (χ4n) is 1.82. The Hall–Kier alpha value is -2.43. The number of hydrogen-bond donors (Lipinski definition) is 2. The first-order valence-corrected chi connectivity index (χ1v) is 6.52. The third kappa shape index (κ3) is 2.59. The standard InChI is InChI=1S/C10H12BrN7O3/c1-16-6-5(7(19)17(2)10(16)21)18(8(11)14-6)4-3-13-15-9(12)20/h3H,4H2,1-2H3,(H3,12,15,20). The molecule has 0 aliphatic heterocycles. The number of nitrogens with two attached hydrogens (primary N) is 1. The van der Waals surface area contributed by atoms with Crippen LogP contribution in [0.25, 0.3) is 11.2 Å². The number of aryl methyl sites for hydroxylation is 1. The molecule has 0 aliphatic carbocycles. The fourth-order valence-corrected chi connectivity index (χ4v) is 2.31. The smallest absolute Gasteiger partial charge is 0.332 e. The van der Waals surface area contributed by atoms with Crippen molar-refractivity contribution in [2.24, 2.45) is 24.9 Å². The maximum absolute atomic E-state index is 12.2. The Morgan fingerprint density at radius 2 is 2.10 bits per heavy atom. The van der Waals surface area contributed by atoms with Crippen molar-refractivity contribution in [1.29, 1.82) is 0 Å². The largest absolute Gasteiger partial charge is 0.350 e. The Morgan fingerprint density at radius 3 is 2.71 bits per heavy atom. The molecular weight excluding hydrogens is 346 g/mol. The van der Waals surface area contributed by atoms with E-state index in [2.05, 4.69) is 26.0 Å². The number of amides is 2. The molecule has 0 spiro atoms. The predicted molar refractivity (Wildman–Crippen MR) is 79.1 cm³/mol. The summed E-state index contributed by atoms with van der Waals surface area (Å²) in [5.41, 5.74) is 6.48. The molecule has 0 bridgehead atoms. The zero-order valence-electron chi connectivity index (χ0n) is 11.2. The van der Waals surface area contributed by atoms with Crippen molar-refractivity contribution in [1.82, 2.24) is 24.1 Å². The van der Waals surface area contributed by atoms with E-state index in [1.165, 1.54) is 29.4 Å². The van der Waals surface area contributed by atoms with Crippen molar-refractivity contribution in [3.8, 4) is 0 Å². The van der Waals surface area contributed by atoms with E-state index in [1.54, 1.807) is 0 Å². The van der Waals surface area contributed by atoms with Gasteiger partial charge in [0.25, 0.3) is 5.56 Å². The molecule has 2 rings (SSSR count). The molecule has 2 amide bonds. The van der Waals surface area contributed by atoms with Crippen LogP contribution in [0.3, 0.4) is 0 Å². The highest BCUT2D eigenvalue weighted by Crippen LogP contribution is 2.15. The number of halogens is 1. The second-order valence-corrected chi connectivity index (χ2v) is 4.87. The third-order valence-electron chi connectivity index (χ3n) is 2.83. The molecule has 2 heterocycles. The van der Waals surface area contributed by atoms with Crippen LogP contribution in [0.5, 0.6) is 0 Å². The fraction of sp³-hybridized carbons (Fsp3) is 0.300. The Kier molecular flexibility index (Phi) is 3.93. The maximum Gasteiger partial charge on any atom is 0.332 e. The van der Waals surface area contributed by atoms with Crippen LogP contribution in [0.2, 0.25) is 0 Å². The van der Waals surface area contributed by atoms with Gasteiger partial charge in [-0.05, 0) is 15.9 Å². The summed E-state index contributed by atoms with van der Waals surface area (Å²) in [6, 6.07) is -0.792. The second kappa shape index (κ2) is 5.52. The number of carbonyl (C=O) groups excluding carboxylic acids is 1. The maximum atomic E-state index is 12.2. The number of carbonyl (C=O) groups is 1. The number of hydrogen-bond acceptors (Lipinski definition) is 5. The van der Waals surface area contributed by atoms with Crippen LogP contribution in [-0.4, -0.2) is 30.9 Å². The van der Waals surface area contributed by atoms with Crippen LogP contribution >= 0.6 is 15.9 Å². The summed E-state index contributed by atoms with van der Waals surface area (Å²) < 4.78 is 4.15. The quantitative estimate of drug-likeness (QED) is 0.408. The predicted octanol–water partition coefficient (Wildman–Crippen LogP) is -1.15. The molecule has 21 heavy (non-hydrogen) atoms. The van der Waals surface area contributed by atoms with Gasteiger partial charge in [0.05, 0.1) is 6.54 Å². The summed E-state index contributed by atoms with van der Waals surface area (Å²) in [4.78, 5) is 38.7. The van der Waals surface area contributed by atoms with Crippen molar-refractivity contribution < 1.29 is 4.79 Å². The first-order chi connectivity index (χ1) is 9.84. The van der Waals surface area contributed by atoms with Crippen molar-refractivity contribution >= 4 is 39.3 Å². The second-order valence-electron chi connectivity index (χ2n) is 4.16. The van der Waals surface area contributed by atoms with Crippen LogP contribution in [-0.2, 0) is 20.6 Å². The van der Waals surface area contributed by atoms with Gasteiger partial charge in [-0.15, -0.1) is 0 Å². The van der Waals surface area contributed by atoms with E-state index in [1.807, 2.05) is 5.43 Å². The summed E-state index contributed by atoms with van der Waals surface area (Å²) in [7, 11) is 2.91. The lowest BCUT2D eigenvalue weighted by atomic mass is 10.5. The van der Waals surface area contributed by atoms with Gasteiger partial charge in [-0.2, -0.15) is 5.10 Å². The number of imidazole rings is 1. The van der Waals surface area contributed by atoms with Gasteiger partial charge < -0.3 is 10.3 Å². The Bertz CT molecular complexity index is 860. The monoisotopic (exact) mass is 357 g/mol. The topological polar surface area (TPSA) is 129 Å². The van der Waals surface area contributed by atoms with Crippen molar-refractivity contribution in [2.45, 2.75) is 6.54 Å². The minimum atomic E-state index is -0.792. The SMILES string of the molecule is Cn1c(=O)c2c(nc(Br)n2CC=NNC(N)=O)n(C)c1=O. The zero-order chi connectivity index (χ0) is 15.7. The molecule has 11 heteroatoms. The minimum Gasteiger partial charge on any atom is -0.350 e. The molecule has 10 nitrogen and oxygen atoms in total. The molecule has 0 unspecified atom stereocenters. The van der Waals surface area contributed by atoms with Gasteiger partial charge in [-0.3, -0.25) is 13.9 Å². The van der Waals surface area contributed by atoms with Crippen LogP contribution in [0.1, 0.15) is 0 Å². The van der Waals surface area contributed by atoms with Gasteiger partial charge in [-0.1, -0.05) is 0 Å². The van der Waals surface area contributed by atoms with Crippen molar-refractivity contribution in [3.63, 3.8) is 0 Å². The molecule has 0 atom stereocenters. The summed E-state index contributed by atoms with van der Waals surface area (Å²) >= 11 is 3.22. The number of rotatable bonds is 3. The van der Waals surface area contributed by atoms with Crippen molar-refractivity contribution in [3.05, 3.63) is 25.6 Å². The molecule has 0 radical (unpaired) electrons. The molecule has 0 aromatic carbocycles. The normalized spacial score (nSPS) is 11.4. The number of nitrogens with zero attached hydrogens (tertiary/aromatic N) is 5. The van der Waals surface area contributed by atoms with Crippen LogP contribution in [0, 0.1) is 0 Å². The third-order valence-corrected chi connectivity index (χ3v) is 3.44. The van der Waals surface area contributed by atoms with Gasteiger partial charge in [0.15, 0.2) is 15.9 Å². The molecule has 2 aromatic rings. The van der Waals surface area contributed by atoms with E-state index in [-0.39, 0.29) is 17.7 Å². The van der Waals surface area contributed by atoms with Crippen LogP contribution in [0.4, 0.5) is 4.79 Å². The number of nitrogens with one attached hydrogen (secondary N) is 1. The van der Waals surface area contributed by atoms with Gasteiger partial charge >= 0.3 is 11.7 Å². The van der Waals surface area contributed by atoms with E-state index in [9.17, 15) is 14.4 Å². The van der Waals surface area contributed by atoms with Gasteiger partial charge in [0.1, 0.15) is 0 Å². The molecule has 2 aromatic heterocycles. The summed E-state index contributed by atoms with van der Waals surface area (Å²) in [5, 5.41) is 3.59. The summed E-state index contributed by atoms with van der Waals surface area (Å²) in [6.45, 7) is 0.158. The van der Waals surface area contributed by atoms with Crippen LogP contribution in [0.15, 0.2) is 19.4 Å².